The molecule has 0 aromatic carbocycles. The molecular weight excluding hydrogens is 286 g/mol. The second kappa shape index (κ2) is 5.85. The smallest absolute Gasteiger partial charge is 0.350 e. The van der Waals surface area contributed by atoms with Crippen molar-refractivity contribution >= 4 is 28.0 Å². The van der Waals surface area contributed by atoms with Crippen molar-refractivity contribution in [2.45, 2.75) is 25.2 Å². The van der Waals surface area contributed by atoms with Gasteiger partial charge in [-0.05, 0) is 38.8 Å². The predicted octanol–water partition coefficient (Wildman–Crippen LogP) is 2.14. The van der Waals surface area contributed by atoms with Gasteiger partial charge < -0.3 is 20.3 Å². The Kier molecular flexibility index (Phi) is 4.08. The number of likely N-dealkylation sites (N-methyl/N-ethyl adjacent to an activating group) is 1. The molecule has 1 aliphatic heterocycles. The average molecular weight is 309 g/mol. The summed E-state index contributed by atoms with van der Waals surface area (Å²) in [6, 6.07) is 0. The van der Waals surface area contributed by atoms with E-state index >= 15 is 0 Å². The number of nitrogens with zero attached hydrogens (tertiary/aromatic N) is 2. The Bertz CT molecular complexity index is 539. The summed E-state index contributed by atoms with van der Waals surface area (Å²) in [5.74, 6) is 0.230. The number of nitrogens with two attached hydrogens (primary N) is 1. The highest BCUT2D eigenvalue weighted by molar-refractivity contribution is 7.18. The van der Waals surface area contributed by atoms with Crippen molar-refractivity contribution in [3.05, 3.63) is 10.4 Å². The van der Waals surface area contributed by atoms with Crippen LogP contribution in [0.1, 0.15) is 40.4 Å². The lowest BCUT2D eigenvalue weighted by molar-refractivity contribution is 0.0607. The van der Waals surface area contributed by atoms with Crippen molar-refractivity contribution in [3.63, 3.8) is 0 Å². The molecule has 2 N–H and O–H groups in total. The van der Waals surface area contributed by atoms with Crippen LogP contribution in [0.2, 0.25) is 0 Å². The first kappa shape index (κ1) is 14.7. The molecule has 1 saturated carbocycles. The summed E-state index contributed by atoms with van der Waals surface area (Å²) in [5.41, 5.74) is 8.12. The van der Waals surface area contributed by atoms with Crippen LogP contribution in [0.5, 0.6) is 0 Å². The van der Waals surface area contributed by atoms with Crippen LogP contribution >= 0.6 is 11.3 Å². The molecule has 6 heteroatoms. The van der Waals surface area contributed by atoms with Crippen molar-refractivity contribution in [2.24, 2.45) is 0 Å². The number of anilines is 2. The summed E-state index contributed by atoms with van der Waals surface area (Å²) in [5, 5.41) is 1.20. The molecule has 1 saturated heterocycles. The third-order valence-electron chi connectivity index (χ3n) is 4.33. The van der Waals surface area contributed by atoms with Crippen molar-refractivity contribution in [1.82, 2.24) is 4.90 Å². The molecule has 116 valence electrons. The van der Waals surface area contributed by atoms with E-state index in [1.807, 2.05) is 0 Å². The van der Waals surface area contributed by atoms with E-state index in [4.69, 9.17) is 10.5 Å². The number of rotatable bonds is 3. The number of hydrogen-bond acceptors (Lipinski definition) is 6. The van der Waals surface area contributed by atoms with Gasteiger partial charge in [0, 0.05) is 25.2 Å². The Morgan fingerprint density at radius 1 is 1.29 bits per heavy atom. The van der Waals surface area contributed by atoms with Gasteiger partial charge in [-0.15, -0.1) is 11.3 Å². The van der Waals surface area contributed by atoms with E-state index in [0.29, 0.717) is 16.5 Å². The summed E-state index contributed by atoms with van der Waals surface area (Å²) in [6.07, 6.45) is 3.51. The fourth-order valence-corrected chi connectivity index (χ4v) is 4.22. The average Bonchev–Trinajstić information content (AvgIpc) is 3.27. The van der Waals surface area contributed by atoms with Crippen LogP contribution in [-0.2, 0) is 4.74 Å². The molecule has 2 heterocycles. The van der Waals surface area contributed by atoms with Gasteiger partial charge in [0.15, 0.2) is 0 Å². The fraction of sp³-hybridized carbons (Fsp3) is 0.667. The molecule has 2 aliphatic rings. The number of carbonyl (C=O) groups is 1. The van der Waals surface area contributed by atoms with Crippen molar-refractivity contribution in [2.75, 3.05) is 51.0 Å². The Morgan fingerprint density at radius 3 is 2.71 bits per heavy atom. The van der Waals surface area contributed by atoms with Gasteiger partial charge in [-0.3, -0.25) is 0 Å². The van der Waals surface area contributed by atoms with E-state index in [-0.39, 0.29) is 5.97 Å². The van der Waals surface area contributed by atoms with E-state index < -0.39 is 0 Å². The Hall–Kier alpha value is -1.27. The minimum absolute atomic E-state index is 0.308. The summed E-state index contributed by atoms with van der Waals surface area (Å²) >= 11 is 1.51. The number of ether oxygens (including phenoxy) is 1. The molecule has 1 aromatic heterocycles. The molecular formula is C15H23N3O2S. The standard InChI is InChI=1S/C15H23N3O2S/c1-17-6-3-7-18(9-8-17)14-11(10-4-5-10)12(16)13(21-14)15(19)20-2/h10H,3-9,16H2,1-2H3. The highest BCUT2D eigenvalue weighted by Crippen LogP contribution is 2.52. The summed E-state index contributed by atoms with van der Waals surface area (Å²) in [6.45, 7) is 4.21. The van der Waals surface area contributed by atoms with E-state index in [2.05, 4.69) is 16.8 Å². The SMILES string of the molecule is COC(=O)c1sc(N2CCCN(C)CC2)c(C2CC2)c1N. The zero-order chi connectivity index (χ0) is 15.0. The Labute approximate surface area is 129 Å². The molecule has 21 heavy (non-hydrogen) atoms. The van der Waals surface area contributed by atoms with Gasteiger partial charge in [-0.1, -0.05) is 0 Å². The molecule has 1 aliphatic carbocycles. The summed E-state index contributed by atoms with van der Waals surface area (Å²) < 4.78 is 4.88. The molecule has 3 rings (SSSR count). The third-order valence-corrected chi connectivity index (χ3v) is 5.59. The van der Waals surface area contributed by atoms with Gasteiger partial charge in [-0.2, -0.15) is 0 Å². The Balaban J connectivity index is 1.94. The van der Waals surface area contributed by atoms with Crippen LogP contribution in [0.15, 0.2) is 0 Å². The maximum atomic E-state index is 11.9. The van der Waals surface area contributed by atoms with Crippen LogP contribution < -0.4 is 10.6 Å². The predicted molar refractivity (Wildman–Crippen MR) is 86.4 cm³/mol. The number of esters is 1. The van der Waals surface area contributed by atoms with Crippen LogP contribution in [0, 0.1) is 0 Å². The van der Waals surface area contributed by atoms with E-state index in [9.17, 15) is 4.79 Å². The van der Waals surface area contributed by atoms with Gasteiger partial charge in [0.25, 0.3) is 0 Å². The summed E-state index contributed by atoms with van der Waals surface area (Å²) in [7, 11) is 3.58. The second-order valence-corrected chi connectivity index (χ2v) is 6.97. The summed E-state index contributed by atoms with van der Waals surface area (Å²) in [4.78, 5) is 17.3. The topological polar surface area (TPSA) is 58.8 Å². The molecule has 0 bridgehead atoms. The van der Waals surface area contributed by atoms with Crippen LogP contribution in [0.3, 0.4) is 0 Å². The molecule has 0 amide bonds. The molecule has 1 aromatic rings. The van der Waals surface area contributed by atoms with E-state index in [0.717, 1.165) is 32.6 Å². The lowest BCUT2D eigenvalue weighted by atomic mass is 10.1. The Morgan fingerprint density at radius 2 is 2.05 bits per heavy atom. The first-order chi connectivity index (χ1) is 10.1. The maximum absolute atomic E-state index is 11.9. The number of nitrogen functional groups attached to an aromatic ring is 1. The number of thiophene rings is 1. The first-order valence-corrected chi connectivity index (χ1v) is 8.37. The highest BCUT2D eigenvalue weighted by Gasteiger charge is 2.35. The number of hydrogen-bond donors (Lipinski definition) is 1. The van der Waals surface area contributed by atoms with Gasteiger partial charge in [0.1, 0.15) is 4.88 Å². The molecule has 0 atom stereocenters. The van der Waals surface area contributed by atoms with Gasteiger partial charge in [-0.25, -0.2) is 4.79 Å². The second-order valence-electron chi connectivity index (χ2n) is 5.97. The van der Waals surface area contributed by atoms with Gasteiger partial charge in [0.2, 0.25) is 0 Å². The van der Waals surface area contributed by atoms with E-state index in [1.54, 1.807) is 0 Å². The number of methoxy groups -OCH3 is 1. The van der Waals surface area contributed by atoms with Crippen molar-refractivity contribution in [1.29, 1.82) is 0 Å². The zero-order valence-electron chi connectivity index (χ0n) is 12.7. The van der Waals surface area contributed by atoms with Gasteiger partial charge >= 0.3 is 5.97 Å². The molecule has 2 fully saturated rings. The van der Waals surface area contributed by atoms with Crippen molar-refractivity contribution in [3.8, 4) is 0 Å². The van der Waals surface area contributed by atoms with Crippen LogP contribution in [0.25, 0.3) is 0 Å². The molecule has 0 unspecified atom stereocenters. The first-order valence-electron chi connectivity index (χ1n) is 7.55. The van der Waals surface area contributed by atoms with E-state index in [1.165, 1.54) is 41.9 Å². The minimum Gasteiger partial charge on any atom is -0.465 e. The highest BCUT2D eigenvalue weighted by atomic mass is 32.1. The van der Waals surface area contributed by atoms with Crippen LogP contribution in [0.4, 0.5) is 10.7 Å². The normalized spacial score (nSPS) is 20.4. The zero-order valence-corrected chi connectivity index (χ0v) is 13.5. The number of carbonyl (C=O) groups excluding carboxylic acids is 1. The molecule has 0 radical (unpaired) electrons. The minimum atomic E-state index is -0.308. The largest absolute Gasteiger partial charge is 0.465 e. The van der Waals surface area contributed by atoms with Crippen molar-refractivity contribution < 1.29 is 9.53 Å². The monoisotopic (exact) mass is 309 g/mol. The van der Waals surface area contributed by atoms with Gasteiger partial charge in [0.05, 0.1) is 17.8 Å². The maximum Gasteiger partial charge on any atom is 0.350 e. The lowest BCUT2D eigenvalue weighted by Crippen LogP contribution is -2.28. The fourth-order valence-electron chi connectivity index (χ4n) is 2.94. The quantitative estimate of drug-likeness (QED) is 0.867. The van der Waals surface area contributed by atoms with Crippen LogP contribution in [-0.4, -0.2) is 51.2 Å². The third kappa shape index (κ3) is 2.87. The molecule has 0 spiro atoms. The molecule has 5 nitrogen and oxygen atoms in total. The lowest BCUT2D eigenvalue weighted by Gasteiger charge is -2.22.